The maximum absolute atomic E-state index is 13.7. The van der Waals surface area contributed by atoms with Crippen molar-refractivity contribution in [2.45, 2.75) is 18.8 Å². The lowest BCUT2D eigenvalue weighted by Gasteiger charge is -2.28. The van der Waals surface area contributed by atoms with E-state index in [9.17, 15) is 9.18 Å². The van der Waals surface area contributed by atoms with Crippen molar-refractivity contribution in [2.24, 2.45) is 0 Å². The number of benzene rings is 1. The van der Waals surface area contributed by atoms with Crippen LogP contribution in [0.4, 0.5) is 10.2 Å². The minimum absolute atomic E-state index is 0.173. The van der Waals surface area contributed by atoms with Crippen LogP contribution in [0.2, 0.25) is 0 Å². The van der Waals surface area contributed by atoms with E-state index in [0.29, 0.717) is 5.82 Å². The van der Waals surface area contributed by atoms with E-state index < -0.39 is 0 Å². The van der Waals surface area contributed by atoms with E-state index in [1.54, 1.807) is 30.6 Å². The predicted octanol–water partition coefficient (Wildman–Crippen LogP) is 4.93. The van der Waals surface area contributed by atoms with E-state index in [4.69, 9.17) is 4.98 Å². The number of hydrogen-bond acceptors (Lipinski definition) is 4. The molecule has 3 aromatic heterocycles. The number of amides is 1. The molecule has 1 aromatic carbocycles. The summed E-state index contributed by atoms with van der Waals surface area (Å²) in [6, 6.07) is 19.8. The summed E-state index contributed by atoms with van der Waals surface area (Å²) in [6.07, 6.45) is 7.11. The number of carbonyl (C=O) groups is 1. The van der Waals surface area contributed by atoms with Gasteiger partial charge >= 0.3 is 0 Å². The van der Waals surface area contributed by atoms with Crippen LogP contribution in [0.3, 0.4) is 0 Å². The number of carbonyl (C=O) groups excluding carboxylic acids is 1. The number of hydrogen-bond donors (Lipinski definition) is 1. The number of anilines is 1. The molecule has 0 aliphatic carbocycles. The molecule has 0 radical (unpaired) electrons. The van der Waals surface area contributed by atoms with Gasteiger partial charge in [0.1, 0.15) is 11.6 Å². The van der Waals surface area contributed by atoms with E-state index in [0.717, 1.165) is 22.4 Å². The number of pyridine rings is 3. The van der Waals surface area contributed by atoms with Gasteiger partial charge in [0.2, 0.25) is 5.91 Å². The highest BCUT2D eigenvalue weighted by Gasteiger charge is 2.30. The predicted molar refractivity (Wildman–Crippen MR) is 117 cm³/mol. The normalized spacial score (nSPS) is 11.8. The third-order valence-corrected chi connectivity index (χ3v) is 5.04. The van der Waals surface area contributed by atoms with Crippen molar-refractivity contribution in [2.75, 3.05) is 5.32 Å². The van der Waals surface area contributed by atoms with Gasteiger partial charge in [0.25, 0.3) is 0 Å². The molecule has 1 amide bonds. The Morgan fingerprint density at radius 1 is 0.806 bits per heavy atom. The van der Waals surface area contributed by atoms with Gasteiger partial charge in [0, 0.05) is 43.5 Å². The fourth-order valence-electron chi connectivity index (χ4n) is 3.78. The Morgan fingerprint density at radius 3 is 2.00 bits per heavy atom. The zero-order chi connectivity index (χ0) is 21.6. The van der Waals surface area contributed by atoms with Crippen LogP contribution in [-0.4, -0.2) is 20.9 Å². The molecule has 6 heteroatoms. The van der Waals surface area contributed by atoms with Gasteiger partial charge in [-0.1, -0.05) is 30.3 Å². The van der Waals surface area contributed by atoms with Crippen LogP contribution in [0.5, 0.6) is 0 Å². The molecule has 5 nitrogen and oxygen atoms in total. The van der Waals surface area contributed by atoms with Gasteiger partial charge in [-0.15, -0.1) is 0 Å². The van der Waals surface area contributed by atoms with Crippen molar-refractivity contribution in [3.63, 3.8) is 0 Å². The van der Waals surface area contributed by atoms with Gasteiger partial charge in [0.15, 0.2) is 0 Å². The van der Waals surface area contributed by atoms with Gasteiger partial charge in [-0.2, -0.15) is 0 Å². The van der Waals surface area contributed by atoms with Crippen molar-refractivity contribution >= 4 is 11.7 Å². The Balaban J connectivity index is 1.92. The van der Waals surface area contributed by atoms with E-state index in [-0.39, 0.29) is 23.6 Å². The van der Waals surface area contributed by atoms with Crippen LogP contribution in [-0.2, 0) is 4.79 Å². The van der Waals surface area contributed by atoms with Gasteiger partial charge in [-0.3, -0.25) is 14.8 Å². The van der Waals surface area contributed by atoms with Crippen LogP contribution in [0.1, 0.15) is 41.1 Å². The van der Waals surface area contributed by atoms with Gasteiger partial charge in [-0.25, -0.2) is 9.37 Å². The molecular weight excluding hydrogens is 391 g/mol. The fraction of sp³-hybridized carbons (Fsp3) is 0.120. The van der Waals surface area contributed by atoms with E-state index in [1.165, 1.54) is 19.1 Å². The molecule has 0 saturated heterocycles. The molecule has 1 atom stereocenters. The molecule has 0 saturated carbocycles. The number of rotatable bonds is 6. The molecule has 31 heavy (non-hydrogen) atoms. The summed E-state index contributed by atoms with van der Waals surface area (Å²) in [6.45, 7) is 1.44. The zero-order valence-electron chi connectivity index (χ0n) is 16.9. The number of nitrogens with one attached hydrogen (secondary N) is 1. The van der Waals surface area contributed by atoms with Crippen LogP contribution in [0.25, 0.3) is 0 Å². The van der Waals surface area contributed by atoms with Gasteiger partial charge in [-0.05, 0) is 53.1 Å². The molecule has 4 rings (SSSR count). The third kappa shape index (κ3) is 4.80. The standard InChI is InChI=1S/C25H21FN4O/c1-17(31)29-23-8-2-7-22(30-23)25(18-9-11-21(26)12-10-18)24(19-5-3-13-27-15-19)20-6-4-14-28-16-20/h2-16,24-25H,1H3,(H,29,30,31). The zero-order valence-corrected chi connectivity index (χ0v) is 16.9. The van der Waals surface area contributed by atoms with Gasteiger partial charge in [0.05, 0.1) is 5.69 Å². The minimum atomic E-state index is -0.304. The quantitative estimate of drug-likeness (QED) is 0.487. The lowest BCUT2D eigenvalue weighted by molar-refractivity contribution is -0.114. The second kappa shape index (κ2) is 9.26. The SMILES string of the molecule is CC(=O)Nc1cccc(C(c2ccc(F)cc2)C(c2cccnc2)c2cccnc2)n1. The number of halogens is 1. The van der Waals surface area contributed by atoms with Crippen LogP contribution < -0.4 is 5.32 Å². The maximum atomic E-state index is 13.7. The first-order valence-corrected chi connectivity index (χ1v) is 9.91. The Hall–Kier alpha value is -3.93. The van der Waals surface area contributed by atoms with E-state index in [2.05, 4.69) is 15.3 Å². The smallest absolute Gasteiger partial charge is 0.222 e. The second-order valence-electron chi connectivity index (χ2n) is 7.21. The summed E-state index contributed by atoms with van der Waals surface area (Å²) in [7, 11) is 0. The molecule has 1 unspecified atom stereocenters. The fourth-order valence-corrected chi connectivity index (χ4v) is 3.78. The Labute approximate surface area is 180 Å². The Kier molecular flexibility index (Phi) is 6.08. The largest absolute Gasteiger partial charge is 0.311 e. The number of aromatic nitrogens is 3. The van der Waals surface area contributed by atoms with Crippen molar-refractivity contribution in [3.8, 4) is 0 Å². The average Bonchev–Trinajstić information content (AvgIpc) is 2.79. The minimum Gasteiger partial charge on any atom is -0.311 e. The highest BCUT2D eigenvalue weighted by atomic mass is 19.1. The summed E-state index contributed by atoms with van der Waals surface area (Å²) in [4.78, 5) is 24.9. The lowest BCUT2D eigenvalue weighted by atomic mass is 9.76. The first-order chi connectivity index (χ1) is 15.1. The first kappa shape index (κ1) is 20.3. The summed E-state index contributed by atoms with van der Waals surface area (Å²) < 4.78 is 13.7. The molecular formula is C25H21FN4O. The molecule has 1 N–H and O–H groups in total. The summed E-state index contributed by atoms with van der Waals surface area (Å²) in [5.74, 6) is -0.468. The van der Waals surface area contributed by atoms with Crippen LogP contribution in [0, 0.1) is 5.82 Å². The Morgan fingerprint density at radius 2 is 1.45 bits per heavy atom. The van der Waals surface area contributed by atoms with Crippen LogP contribution in [0.15, 0.2) is 91.5 Å². The molecule has 0 spiro atoms. The molecule has 0 fully saturated rings. The molecule has 3 heterocycles. The van der Waals surface area contributed by atoms with Crippen LogP contribution >= 0.6 is 0 Å². The summed E-state index contributed by atoms with van der Waals surface area (Å²) >= 11 is 0. The highest BCUT2D eigenvalue weighted by Crippen LogP contribution is 2.42. The van der Waals surface area contributed by atoms with Crippen molar-refractivity contribution in [1.82, 2.24) is 15.0 Å². The monoisotopic (exact) mass is 412 g/mol. The summed E-state index contributed by atoms with van der Waals surface area (Å²) in [5, 5.41) is 2.74. The topological polar surface area (TPSA) is 67.8 Å². The maximum Gasteiger partial charge on any atom is 0.222 e. The molecule has 4 aromatic rings. The van der Waals surface area contributed by atoms with Crippen molar-refractivity contribution in [1.29, 1.82) is 0 Å². The van der Waals surface area contributed by atoms with E-state index in [1.807, 2.05) is 48.8 Å². The van der Waals surface area contributed by atoms with E-state index >= 15 is 0 Å². The second-order valence-corrected chi connectivity index (χ2v) is 7.21. The Bertz CT molecular complexity index is 1110. The number of nitrogens with zero attached hydrogens (tertiary/aromatic N) is 3. The highest BCUT2D eigenvalue weighted by molar-refractivity contribution is 5.87. The van der Waals surface area contributed by atoms with Crippen molar-refractivity contribution in [3.05, 3.63) is 120 Å². The lowest BCUT2D eigenvalue weighted by Crippen LogP contribution is -2.17. The summed E-state index contributed by atoms with van der Waals surface area (Å²) in [5.41, 5.74) is 3.61. The molecule has 0 aliphatic heterocycles. The third-order valence-electron chi connectivity index (χ3n) is 5.04. The molecule has 0 aliphatic rings. The van der Waals surface area contributed by atoms with Crippen molar-refractivity contribution < 1.29 is 9.18 Å². The average molecular weight is 412 g/mol. The molecule has 0 bridgehead atoms. The first-order valence-electron chi connectivity index (χ1n) is 9.91. The van der Waals surface area contributed by atoms with Gasteiger partial charge < -0.3 is 5.32 Å². The molecule has 154 valence electrons.